The Morgan fingerprint density at radius 2 is 1.67 bits per heavy atom. The maximum Gasteiger partial charge on any atom is 0.335 e. The van der Waals surface area contributed by atoms with Crippen LogP contribution in [0.15, 0.2) is 77.7 Å². The summed E-state index contributed by atoms with van der Waals surface area (Å²) in [7, 11) is -2.59. The van der Waals surface area contributed by atoms with Crippen molar-refractivity contribution in [1.82, 2.24) is 0 Å². The van der Waals surface area contributed by atoms with Gasteiger partial charge in [0.15, 0.2) is 0 Å². The van der Waals surface area contributed by atoms with Gasteiger partial charge in [-0.15, -0.1) is 0 Å². The molecule has 0 heterocycles. The van der Waals surface area contributed by atoms with Crippen molar-refractivity contribution < 1.29 is 27.4 Å². The van der Waals surface area contributed by atoms with Gasteiger partial charge < -0.3 is 9.84 Å². The summed E-state index contributed by atoms with van der Waals surface area (Å²) in [4.78, 5) is 11.4. The third kappa shape index (κ3) is 4.25. The van der Waals surface area contributed by atoms with Crippen LogP contribution in [0.25, 0.3) is 21.9 Å². The summed E-state index contributed by atoms with van der Waals surface area (Å²) in [5, 5.41) is 10.4. The standard InChI is InChI=1S/C25H20FNO5S/c1-15-7-12-24(23(13-15)32-2)33(30,31)27-22-11-9-18(17-5-3-4-6-19(17)22)20-14-16(25(28)29)8-10-21(20)26/h3-14,27H,1-2H3,(H,28,29). The van der Waals surface area contributed by atoms with Gasteiger partial charge in [-0.2, -0.15) is 0 Å². The molecule has 4 rings (SSSR count). The first-order valence-electron chi connectivity index (χ1n) is 9.93. The van der Waals surface area contributed by atoms with E-state index in [1.54, 1.807) is 42.5 Å². The highest BCUT2D eigenvalue weighted by Gasteiger charge is 2.21. The molecule has 0 bridgehead atoms. The molecule has 0 amide bonds. The number of carbonyl (C=O) groups is 1. The fraction of sp³-hybridized carbons (Fsp3) is 0.0800. The van der Waals surface area contributed by atoms with Crippen molar-refractivity contribution in [1.29, 1.82) is 0 Å². The lowest BCUT2D eigenvalue weighted by atomic mass is 9.95. The van der Waals surface area contributed by atoms with Gasteiger partial charge in [0.05, 0.1) is 18.4 Å². The molecule has 4 aromatic carbocycles. The molecule has 0 spiro atoms. The number of carboxylic acids is 1. The normalized spacial score (nSPS) is 11.4. The third-order valence-electron chi connectivity index (χ3n) is 5.28. The smallest absolute Gasteiger partial charge is 0.335 e. The van der Waals surface area contributed by atoms with Crippen LogP contribution in [0.3, 0.4) is 0 Å². The summed E-state index contributed by atoms with van der Waals surface area (Å²) in [6, 6.07) is 18.4. The number of methoxy groups -OCH3 is 1. The van der Waals surface area contributed by atoms with Gasteiger partial charge >= 0.3 is 5.97 Å². The number of nitrogens with one attached hydrogen (secondary N) is 1. The molecule has 33 heavy (non-hydrogen) atoms. The SMILES string of the molecule is COc1cc(C)ccc1S(=O)(=O)Nc1ccc(-c2cc(C(=O)O)ccc2F)c2ccccc12. The Morgan fingerprint density at radius 3 is 2.36 bits per heavy atom. The molecule has 0 aliphatic heterocycles. The van der Waals surface area contributed by atoms with Crippen LogP contribution < -0.4 is 9.46 Å². The zero-order valence-corrected chi connectivity index (χ0v) is 18.6. The van der Waals surface area contributed by atoms with E-state index in [9.17, 15) is 22.7 Å². The molecule has 0 saturated carbocycles. The largest absolute Gasteiger partial charge is 0.495 e. The number of aromatic carboxylic acids is 1. The Kier molecular flexibility index (Phi) is 5.78. The second kappa shape index (κ2) is 8.55. The molecule has 0 atom stereocenters. The molecule has 0 aliphatic rings. The maximum absolute atomic E-state index is 14.6. The number of hydrogen-bond acceptors (Lipinski definition) is 4. The van der Waals surface area contributed by atoms with Crippen LogP contribution in [0.1, 0.15) is 15.9 Å². The lowest BCUT2D eigenvalue weighted by Crippen LogP contribution is -2.14. The molecular weight excluding hydrogens is 445 g/mol. The minimum atomic E-state index is -3.99. The van der Waals surface area contributed by atoms with Crippen LogP contribution in [-0.4, -0.2) is 26.6 Å². The van der Waals surface area contributed by atoms with Gasteiger partial charge in [0, 0.05) is 10.9 Å². The number of ether oxygens (including phenoxy) is 1. The second-order valence-corrected chi connectivity index (χ2v) is 9.12. The van der Waals surface area contributed by atoms with E-state index < -0.39 is 21.8 Å². The topological polar surface area (TPSA) is 92.7 Å². The monoisotopic (exact) mass is 465 g/mol. The molecule has 6 nitrogen and oxygen atoms in total. The fourth-order valence-corrected chi connectivity index (χ4v) is 4.92. The van der Waals surface area contributed by atoms with E-state index in [2.05, 4.69) is 4.72 Å². The highest BCUT2D eigenvalue weighted by Crippen LogP contribution is 2.36. The van der Waals surface area contributed by atoms with Gasteiger partial charge in [0.2, 0.25) is 0 Å². The zero-order valence-electron chi connectivity index (χ0n) is 17.8. The zero-order chi connectivity index (χ0) is 23.8. The first-order chi connectivity index (χ1) is 15.7. The molecule has 0 aromatic heterocycles. The Morgan fingerprint density at radius 1 is 0.939 bits per heavy atom. The van der Waals surface area contributed by atoms with Crippen molar-refractivity contribution in [3.63, 3.8) is 0 Å². The summed E-state index contributed by atoms with van der Waals surface area (Å²) in [6.45, 7) is 1.83. The van der Waals surface area contributed by atoms with Crippen molar-refractivity contribution >= 4 is 32.5 Å². The number of carboxylic acid groups (broad SMARTS) is 1. The first-order valence-corrected chi connectivity index (χ1v) is 11.4. The lowest BCUT2D eigenvalue weighted by Gasteiger charge is -2.16. The number of halogens is 1. The third-order valence-corrected chi connectivity index (χ3v) is 6.69. The van der Waals surface area contributed by atoms with E-state index in [4.69, 9.17) is 4.74 Å². The van der Waals surface area contributed by atoms with Gasteiger partial charge in [-0.25, -0.2) is 17.6 Å². The van der Waals surface area contributed by atoms with Gasteiger partial charge in [0.1, 0.15) is 16.5 Å². The Bertz CT molecular complexity index is 1500. The van der Waals surface area contributed by atoms with E-state index in [-0.39, 0.29) is 21.8 Å². The average Bonchev–Trinajstić information content (AvgIpc) is 2.79. The maximum atomic E-state index is 14.6. The number of anilines is 1. The summed E-state index contributed by atoms with van der Waals surface area (Å²) in [5.41, 5.74) is 1.66. The molecule has 0 radical (unpaired) electrons. The number of rotatable bonds is 6. The molecule has 0 fully saturated rings. The van der Waals surface area contributed by atoms with Crippen molar-refractivity contribution in [2.45, 2.75) is 11.8 Å². The van der Waals surface area contributed by atoms with Gasteiger partial charge in [-0.1, -0.05) is 36.4 Å². The van der Waals surface area contributed by atoms with Crippen LogP contribution in [0, 0.1) is 12.7 Å². The average molecular weight is 466 g/mol. The van der Waals surface area contributed by atoms with Crippen molar-refractivity contribution in [3.05, 3.63) is 89.7 Å². The summed E-state index contributed by atoms with van der Waals surface area (Å²) >= 11 is 0. The van der Waals surface area contributed by atoms with Crippen LogP contribution in [0.5, 0.6) is 5.75 Å². The molecule has 8 heteroatoms. The van der Waals surface area contributed by atoms with Crippen LogP contribution in [-0.2, 0) is 10.0 Å². The molecule has 0 aliphatic carbocycles. The van der Waals surface area contributed by atoms with E-state index in [0.29, 0.717) is 22.0 Å². The van der Waals surface area contributed by atoms with Crippen molar-refractivity contribution in [3.8, 4) is 16.9 Å². The van der Waals surface area contributed by atoms with E-state index in [1.807, 2.05) is 6.92 Å². The number of sulfonamides is 1. The predicted molar refractivity (Wildman–Crippen MR) is 125 cm³/mol. The minimum absolute atomic E-state index is 0.0102. The molecule has 0 unspecified atom stereocenters. The molecule has 0 saturated heterocycles. The molecule has 2 N–H and O–H groups in total. The van der Waals surface area contributed by atoms with Gasteiger partial charge in [0.25, 0.3) is 10.0 Å². The van der Waals surface area contributed by atoms with Crippen LogP contribution >= 0.6 is 0 Å². The molecule has 168 valence electrons. The number of hydrogen-bond donors (Lipinski definition) is 2. The van der Waals surface area contributed by atoms with Crippen molar-refractivity contribution in [2.24, 2.45) is 0 Å². The van der Waals surface area contributed by atoms with E-state index in [1.165, 1.54) is 31.4 Å². The molecular formula is C25H20FNO5S. The van der Waals surface area contributed by atoms with Crippen LogP contribution in [0.2, 0.25) is 0 Å². The number of aryl methyl sites for hydroxylation is 1. The minimum Gasteiger partial charge on any atom is -0.495 e. The highest BCUT2D eigenvalue weighted by molar-refractivity contribution is 7.92. The molecule has 4 aromatic rings. The summed E-state index contributed by atoms with van der Waals surface area (Å²) in [5.74, 6) is -1.53. The lowest BCUT2D eigenvalue weighted by molar-refractivity contribution is 0.0697. The Labute approximate surface area is 190 Å². The summed E-state index contributed by atoms with van der Waals surface area (Å²) in [6.07, 6.45) is 0. The Balaban J connectivity index is 1.85. The van der Waals surface area contributed by atoms with Gasteiger partial charge in [-0.05, 0) is 59.8 Å². The predicted octanol–water partition coefficient (Wildman–Crippen LogP) is 5.46. The van der Waals surface area contributed by atoms with Gasteiger partial charge in [-0.3, -0.25) is 4.72 Å². The number of benzene rings is 4. The van der Waals surface area contributed by atoms with Crippen LogP contribution in [0.4, 0.5) is 10.1 Å². The van der Waals surface area contributed by atoms with E-state index >= 15 is 0 Å². The second-order valence-electron chi connectivity index (χ2n) is 7.47. The quantitative estimate of drug-likeness (QED) is 0.394. The van der Waals surface area contributed by atoms with Crippen molar-refractivity contribution in [2.75, 3.05) is 11.8 Å². The Hall–Kier alpha value is -3.91. The fourth-order valence-electron chi connectivity index (χ4n) is 3.68. The highest BCUT2D eigenvalue weighted by atomic mass is 32.2. The summed E-state index contributed by atoms with van der Waals surface area (Å²) < 4.78 is 48.8. The first kappa shape index (κ1) is 22.3. The van der Waals surface area contributed by atoms with E-state index in [0.717, 1.165) is 11.6 Å². The number of fused-ring (bicyclic) bond motifs is 1.